The fourth-order valence-electron chi connectivity index (χ4n) is 2.68. The van der Waals surface area contributed by atoms with E-state index in [2.05, 4.69) is 4.72 Å². The lowest BCUT2D eigenvalue weighted by Crippen LogP contribution is -2.29. The lowest BCUT2D eigenvalue weighted by molar-refractivity contribution is 0.0696. The maximum atomic E-state index is 12.6. The van der Waals surface area contributed by atoms with Crippen LogP contribution in [0, 0.1) is 0 Å². The molecule has 1 aliphatic heterocycles. The first kappa shape index (κ1) is 18.7. The van der Waals surface area contributed by atoms with Crippen LogP contribution in [0.25, 0.3) is 0 Å². The Morgan fingerprint density at radius 2 is 2.04 bits per heavy atom. The molecule has 1 fully saturated rings. The molecule has 0 unspecified atom stereocenters. The van der Waals surface area contributed by atoms with Gasteiger partial charge in [-0.05, 0) is 44.4 Å². The van der Waals surface area contributed by atoms with Crippen LogP contribution in [0.4, 0.5) is 5.69 Å². The molecule has 0 aliphatic carbocycles. The molecule has 1 aliphatic rings. The monoisotopic (exact) mass is 356 g/mol. The van der Waals surface area contributed by atoms with Crippen LogP contribution in [0.15, 0.2) is 23.1 Å². The van der Waals surface area contributed by atoms with Gasteiger partial charge in [0.1, 0.15) is 4.90 Å². The number of ether oxygens (including phenoxy) is 1. The van der Waals surface area contributed by atoms with Crippen molar-refractivity contribution in [1.82, 2.24) is 4.72 Å². The second kappa shape index (κ2) is 8.46. The van der Waals surface area contributed by atoms with Gasteiger partial charge in [-0.3, -0.25) is 0 Å². The quantitative estimate of drug-likeness (QED) is 0.654. The Hall–Kier alpha value is -1.64. The molecular weight excluding hydrogens is 332 g/mol. The van der Waals surface area contributed by atoms with Crippen molar-refractivity contribution >= 4 is 21.7 Å². The summed E-state index contributed by atoms with van der Waals surface area (Å²) >= 11 is 0. The largest absolute Gasteiger partial charge is 0.478 e. The number of benzene rings is 1. The van der Waals surface area contributed by atoms with Crippen LogP contribution in [-0.4, -0.2) is 52.3 Å². The van der Waals surface area contributed by atoms with E-state index in [0.29, 0.717) is 25.3 Å². The van der Waals surface area contributed by atoms with Crippen LogP contribution in [0.5, 0.6) is 0 Å². The van der Waals surface area contributed by atoms with Gasteiger partial charge in [-0.25, -0.2) is 17.9 Å². The molecule has 2 N–H and O–H groups in total. The average Bonchev–Trinajstić information content (AvgIpc) is 3.08. The summed E-state index contributed by atoms with van der Waals surface area (Å²) in [6.45, 7) is 4.75. The van der Waals surface area contributed by atoms with Gasteiger partial charge in [0.2, 0.25) is 10.0 Å². The van der Waals surface area contributed by atoms with E-state index < -0.39 is 16.0 Å². The number of rotatable bonds is 9. The Morgan fingerprint density at radius 1 is 1.33 bits per heavy atom. The fraction of sp³-hybridized carbons (Fsp3) is 0.562. The molecule has 0 bridgehead atoms. The topological polar surface area (TPSA) is 95.9 Å². The van der Waals surface area contributed by atoms with Crippen LogP contribution in [-0.2, 0) is 14.8 Å². The maximum absolute atomic E-state index is 12.6. The maximum Gasteiger partial charge on any atom is 0.335 e. The van der Waals surface area contributed by atoms with E-state index in [1.165, 1.54) is 12.1 Å². The van der Waals surface area contributed by atoms with Crippen molar-refractivity contribution in [3.8, 4) is 0 Å². The smallest absolute Gasteiger partial charge is 0.335 e. The first-order valence-corrected chi connectivity index (χ1v) is 9.63. The normalized spacial score (nSPS) is 15.0. The number of nitrogens with one attached hydrogen (secondary N) is 1. The van der Waals surface area contributed by atoms with Crippen LogP contribution < -0.4 is 9.62 Å². The van der Waals surface area contributed by atoms with Gasteiger partial charge < -0.3 is 14.7 Å². The molecule has 0 amide bonds. The molecule has 24 heavy (non-hydrogen) atoms. The second-order valence-corrected chi connectivity index (χ2v) is 7.37. The predicted octanol–water partition coefficient (Wildman–Crippen LogP) is 1.69. The number of carboxylic acid groups (broad SMARTS) is 1. The Kier molecular flexibility index (Phi) is 6.59. The zero-order chi connectivity index (χ0) is 17.6. The second-order valence-electron chi connectivity index (χ2n) is 5.63. The van der Waals surface area contributed by atoms with Crippen molar-refractivity contribution in [1.29, 1.82) is 0 Å². The molecule has 1 aromatic rings. The highest BCUT2D eigenvalue weighted by molar-refractivity contribution is 7.89. The number of nitrogens with zero attached hydrogens (tertiary/aromatic N) is 1. The van der Waals surface area contributed by atoms with Gasteiger partial charge in [0.15, 0.2) is 0 Å². The van der Waals surface area contributed by atoms with Crippen molar-refractivity contribution in [3.63, 3.8) is 0 Å². The molecule has 7 nitrogen and oxygen atoms in total. The van der Waals surface area contributed by atoms with Gasteiger partial charge in [-0.1, -0.05) is 0 Å². The lowest BCUT2D eigenvalue weighted by Gasteiger charge is -2.21. The number of hydrogen-bond donors (Lipinski definition) is 2. The third-order valence-electron chi connectivity index (χ3n) is 3.90. The van der Waals surface area contributed by atoms with Gasteiger partial charge in [0, 0.05) is 32.8 Å². The highest BCUT2D eigenvalue weighted by atomic mass is 32.2. The SMILES string of the molecule is CCOCCCNS(=O)(=O)c1cc(C(=O)O)ccc1N1CCCC1. The minimum Gasteiger partial charge on any atom is -0.478 e. The van der Waals surface area contributed by atoms with Crippen molar-refractivity contribution in [2.75, 3.05) is 37.7 Å². The van der Waals surface area contributed by atoms with Gasteiger partial charge in [-0.15, -0.1) is 0 Å². The van der Waals surface area contributed by atoms with Gasteiger partial charge in [0.05, 0.1) is 11.3 Å². The summed E-state index contributed by atoms with van der Waals surface area (Å²) in [7, 11) is -3.78. The molecule has 0 saturated carbocycles. The summed E-state index contributed by atoms with van der Waals surface area (Å²) in [5.41, 5.74) is 0.530. The predicted molar refractivity (Wildman–Crippen MR) is 91.1 cm³/mol. The van der Waals surface area contributed by atoms with E-state index in [0.717, 1.165) is 25.9 Å². The highest BCUT2D eigenvalue weighted by Crippen LogP contribution is 2.29. The Labute approximate surface area is 142 Å². The summed E-state index contributed by atoms with van der Waals surface area (Å²) in [6.07, 6.45) is 2.56. The van der Waals surface area contributed by atoms with E-state index in [-0.39, 0.29) is 17.0 Å². The lowest BCUT2D eigenvalue weighted by atomic mass is 10.2. The van der Waals surface area contributed by atoms with Gasteiger partial charge in [-0.2, -0.15) is 0 Å². The number of sulfonamides is 1. The minimum absolute atomic E-state index is 0.0284. The Morgan fingerprint density at radius 3 is 2.67 bits per heavy atom. The van der Waals surface area contributed by atoms with Crippen LogP contribution in [0.3, 0.4) is 0 Å². The number of carboxylic acids is 1. The molecule has 1 aromatic carbocycles. The zero-order valence-corrected chi connectivity index (χ0v) is 14.6. The van der Waals surface area contributed by atoms with Crippen LogP contribution in [0.1, 0.15) is 36.5 Å². The zero-order valence-electron chi connectivity index (χ0n) is 13.8. The molecule has 1 heterocycles. The van der Waals surface area contributed by atoms with Crippen LogP contribution >= 0.6 is 0 Å². The summed E-state index contributed by atoms with van der Waals surface area (Å²) in [5.74, 6) is -1.14. The minimum atomic E-state index is -3.78. The van der Waals surface area contributed by atoms with Crippen molar-refractivity contribution in [3.05, 3.63) is 23.8 Å². The number of anilines is 1. The summed E-state index contributed by atoms with van der Waals surface area (Å²) < 4.78 is 33.0. The standard InChI is InChI=1S/C16H24N2O5S/c1-2-23-11-5-8-17-24(21,22)15-12-13(16(19)20)6-7-14(15)18-9-3-4-10-18/h6-7,12,17H,2-5,8-11H2,1H3,(H,19,20). The summed E-state index contributed by atoms with van der Waals surface area (Å²) in [4.78, 5) is 13.2. The molecule has 0 atom stereocenters. The van der Waals surface area contributed by atoms with Crippen molar-refractivity contribution in [2.24, 2.45) is 0 Å². The molecule has 134 valence electrons. The van der Waals surface area contributed by atoms with E-state index in [1.807, 2.05) is 11.8 Å². The van der Waals surface area contributed by atoms with Gasteiger partial charge >= 0.3 is 5.97 Å². The first-order valence-electron chi connectivity index (χ1n) is 8.15. The number of aromatic carboxylic acids is 1. The highest BCUT2D eigenvalue weighted by Gasteiger charge is 2.25. The van der Waals surface area contributed by atoms with E-state index in [1.54, 1.807) is 6.07 Å². The van der Waals surface area contributed by atoms with Crippen LogP contribution in [0.2, 0.25) is 0 Å². The van der Waals surface area contributed by atoms with Gasteiger partial charge in [0.25, 0.3) is 0 Å². The van der Waals surface area contributed by atoms with Crippen molar-refractivity contribution < 1.29 is 23.1 Å². The molecule has 1 saturated heterocycles. The fourth-order valence-corrected chi connectivity index (χ4v) is 4.01. The molecule has 8 heteroatoms. The molecule has 0 aromatic heterocycles. The third-order valence-corrected chi connectivity index (χ3v) is 5.39. The summed E-state index contributed by atoms with van der Waals surface area (Å²) in [6, 6.07) is 4.27. The molecule has 0 spiro atoms. The average molecular weight is 356 g/mol. The van der Waals surface area contributed by atoms with E-state index in [4.69, 9.17) is 9.84 Å². The molecule has 0 radical (unpaired) electrons. The Balaban J connectivity index is 2.23. The Bertz CT molecular complexity index is 669. The number of hydrogen-bond acceptors (Lipinski definition) is 5. The van der Waals surface area contributed by atoms with E-state index >= 15 is 0 Å². The first-order chi connectivity index (χ1) is 11.5. The molecular formula is C16H24N2O5S. The van der Waals surface area contributed by atoms with Crippen molar-refractivity contribution in [2.45, 2.75) is 31.1 Å². The number of carbonyl (C=O) groups is 1. The van der Waals surface area contributed by atoms with E-state index in [9.17, 15) is 13.2 Å². The molecule has 2 rings (SSSR count). The summed E-state index contributed by atoms with van der Waals surface area (Å²) in [5, 5.41) is 9.16. The third kappa shape index (κ3) is 4.68.